The smallest absolute Gasteiger partial charge is 0.123 e. The summed E-state index contributed by atoms with van der Waals surface area (Å²) in [7, 11) is 0. The summed E-state index contributed by atoms with van der Waals surface area (Å²) in [6.07, 6.45) is 0. The molecule has 0 spiro atoms. The van der Waals surface area contributed by atoms with E-state index in [1.54, 1.807) is 11.3 Å². The first kappa shape index (κ1) is 14.0. The molecule has 0 amide bonds. The lowest BCUT2D eigenvalue weighted by atomic mass is 10.0. The van der Waals surface area contributed by atoms with Crippen LogP contribution in [0.25, 0.3) is 21.7 Å². The summed E-state index contributed by atoms with van der Waals surface area (Å²) in [5, 5.41) is 1.04. The zero-order valence-corrected chi connectivity index (χ0v) is 13.0. The Labute approximate surface area is 129 Å². The third-order valence-corrected chi connectivity index (χ3v) is 4.89. The van der Waals surface area contributed by atoms with Crippen molar-refractivity contribution < 1.29 is 0 Å². The van der Waals surface area contributed by atoms with E-state index in [-0.39, 0.29) is 6.04 Å². The van der Waals surface area contributed by atoms with Gasteiger partial charge in [-0.3, -0.25) is 0 Å². The van der Waals surface area contributed by atoms with E-state index in [9.17, 15) is 0 Å². The van der Waals surface area contributed by atoms with E-state index in [2.05, 4.69) is 53.5 Å². The van der Waals surface area contributed by atoms with Crippen LogP contribution in [0.15, 0.2) is 54.6 Å². The minimum Gasteiger partial charge on any atom is -0.323 e. The van der Waals surface area contributed by atoms with Crippen LogP contribution in [-0.4, -0.2) is 4.98 Å². The normalized spacial score (nSPS) is 12.3. The number of aromatic nitrogens is 1. The highest BCUT2D eigenvalue weighted by atomic mass is 32.1. The van der Waals surface area contributed by atoms with Crippen molar-refractivity contribution in [3.05, 3.63) is 65.2 Å². The summed E-state index contributed by atoms with van der Waals surface area (Å²) in [6, 6.07) is 19.0. The number of rotatable bonds is 3. The summed E-state index contributed by atoms with van der Waals surface area (Å²) < 4.78 is 0. The molecule has 106 valence electrons. The van der Waals surface area contributed by atoms with Gasteiger partial charge < -0.3 is 5.73 Å². The first-order chi connectivity index (χ1) is 10.1. The van der Waals surface area contributed by atoms with Gasteiger partial charge in [-0.1, -0.05) is 54.6 Å². The maximum absolute atomic E-state index is 5.98. The van der Waals surface area contributed by atoms with Crippen LogP contribution in [0.4, 0.5) is 0 Å². The van der Waals surface area contributed by atoms with Crippen molar-refractivity contribution in [1.82, 2.24) is 4.98 Å². The Balaban J connectivity index is 1.93. The minimum atomic E-state index is 0.0415. The fourth-order valence-electron chi connectivity index (χ4n) is 2.39. The lowest BCUT2D eigenvalue weighted by Gasteiger charge is -2.02. The first-order valence-electron chi connectivity index (χ1n) is 7.04. The van der Waals surface area contributed by atoms with Crippen molar-refractivity contribution in [2.24, 2.45) is 5.73 Å². The average molecular weight is 294 g/mol. The zero-order valence-electron chi connectivity index (χ0n) is 12.2. The molecule has 1 unspecified atom stereocenters. The third-order valence-electron chi connectivity index (χ3n) is 3.49. The fraction of sp³-hybridized carbons (Fsp3) is 0.167. The van der Waals surface area contributed by atoms with Crippen LogP contribution in [0.1, 0.15) is 23.5 Å². The average Bonchev–Trinajstić information content (AvgIpc) is 2.90. The molecular formula is C18H18N2S. The predicted molar refractivity (Wildman–Crippen MR) is 90.3 cm³/mol. The van der Waals surface area contributed by atoms with Crippen LogP contribution >= 0.6 is 11.3 Å². The van der Waals surface area contributed by atoms with Crippen LogP contribution < -0.4 is 5.73 Å². The first-order valence-corrected chi connectivity index (χ1v) is 7.85. The van der Waals surface area contributed by atoms with Crippen LogP contribution in [-0.2, 0) is 0 Å². The van der Waals surface area contributed by atoms with E-state index in [1.807, 2.05) is 19.9 Å². The standard InChI is InChI=1S/C18H18N2S/c1-12(19)17-13(2)20-18(21-17)16-10-8-15(9-11-16)14-6-4-3-5-7-14/h3-12H,19H2,1-2H3. The van der Waals surface area contributed by atoms with Crippen molar-refractivity contribution in [2.75, 3.05) is 0 Å². The number of thiazole rings is 1. The number of nitrogens with two attached hydrogens (primary N) is 1. The maximum Gasteiger partial charge on any atom is 0.123 e. The number of hydrogen-bond donors (Lipinski definition) is 1. The van der Waals surface area contributed by atoms with Gasteiger partial charge in [-0.05, 0) is 25.0 Å². The highest BCUT2D eigenvalue weighted by molar-refractivity contribution is 7.15. The second-order valence-corrected chi connectivity index (χ2v) is 6.23. The van der Waals surface area contributed by atoms with E-state index in [4.69, 9.17) is 5.73 Å². The molecule has 0 saturated carbocycles. The van der Waals surface area contributed by atoms with Crippen LogP contribution in [0, 0.1) is 6.92 Å². The molecule has 3 aromatic rings. The number of benzene rings is 2. The molecule has 0 fully saturated rings. The van der Waals surface area contributed by atoms with Crippen molar-refractivity contribution in [3.63, 3.8) is 0 Å². The van der Waals surface area contributed by atoms with E-state index in [0.29, 0.717) is 0 Å². The molecule has 2 N–H and O–H groups in total. The second kappa shape index (κ2) is 5.80. The Hall–Kier alpha value is -1.97. The van der Waals surface area contributed by atoms with Gasteiger partial charge in [0.15, 0.2) is 0 Å². The Bertz CT molecular complexity index is 728. The second-order valence-electron chi connectivity index (χ2n) is 5.20. The van der Waals surface area contributed by atoms with Crippen LogP contribution in [0.3, 0.4) is 0 Å². The predicted octanol–water partition coefficient (Wildman–Crippen LogP) is 4.81. The van der Waals surface area contributed by atoms with Crippen molar-refractivity contribution in [3.8, 4) is 21.7 Å². The number of hydrogen-bond acceptors (Lipinski definition) is 3. The molecule has 1 aromatic heterocycles. The molecule has 2 nitrogen and oxygen atoms in total. The van der Waals surface area contributed by atoms with E-state index >= 15 is 0 Å². The number of aryl methyl sites for hydroxylation is 1. The SMILES string of the molecule is Cc1nc(-c2ccc(-c3ccccc3)cc2)sc1C(C)N. The Kier molecular flexibility index (Phi) is 3.86. The van der Waals surface area contributed by atoms with Gasteiger partial charge in [0.1, 0.15) is 5.01 Å². The molecule has 3 rings (SSSR count). The molecular weight excluding hydrogens is 276 g/mol. The van der Waals surface area contributed by atoms with Gasteiger partial charge in [0.05, 0.1) is 5.69 Å². The van der Waals surface area contributed by atoms with E-state index in [0.717, 1.165) is 21.1 Å². The van der Waals surface area contributed by atoms with Crippen molar-refractivity contribution >= 4 is 11.3 Å². The van der Waals surface area contributed by atoms with Gasteiger partial charge in [0.2, 0.25) is 0 Å². The monoisotopic (exact) mass is 294 g/mol. The molecule has 1 atom stereocenters. The topological polar surface area (TPSA) is 38.9 Å². The highest BCUT2D eigenvalue weighted by Crippen LogP contribution is 2.32. The molecule has 0 radical (unpaired) electrons. The van der Waals surface area contributed by atoms with Crippen molar-refractivity contribution in [1.29, 1.82) is 0 Å². The van der Waals surface area contributed by atoms with Gasteiger partial charge >= 0.3 is 0 Å². The molecule has 3 heteroatoms. The minimum absolute atomic E-state index is 0.0415. The molecule has 0 saturated heterocycles. The molecule has 0 bridgehead atoms. The fourth-order valence-corrected chi connectivity index (χ4v) is 3.41. The van der Waals surface area contributed by atoms with E-state index < -0.39 is 0 Å². The van der Waals surface area contributed by atoms with Gasteiger partial charge in [0.25, 0.3) is 0 Å². The third kappa shape index (κ3) is 2.89. The summed E-state index contributed by atoms with van der Waals surface area (Å²) in [5.41, 5.74) is 10.6. The number of nitrogens with zero attached hydrogens (tertiary/aromatic N) is 1. The van der Waals surface area contributed by atoms with Gasteiger partial charge in [-0.15, -0.1) is 11.3 Å². The van der Waals surface area contributed by atoms with Crippen LogP contribution in [0.5, 0.6) is 0 Å². The summed E-state index contributed by atoms with van der Waals surface area (Å²) in [4.78, 5) is 5.81. The van der Waals surface area contributed by atoms with Gasteiger partial charge in [-0.25, -0.2) is 4.98 Å². The van der Waals surface area contributed by atoms with Gasteiger partial charge in [0, 0.05) is 16.5 Å². The quantitative estimate of drug-likeness (QED) is 0.753. The molecule has 0 aliphatic carbocycles. The molecule has 21 heavy (non-hydrogen) atoms. The van der Waals surface area contributed by atoms with Gasteiger partial charge in [-0.2, -0.15) is 0 Å². The Morgan fingerprint density at radius 2 is 1.48 bits per heavy atom. The zero-order chi connectivity index (χ0) is 14.8. The summed E-state index contributed by atoms with van der Waals surface area (Å²) >= 11 is 1.69. The molecule has 0 aliphatic heterocycles. The Morgan fingerprint density at radius 3 is 2.05 bits per heavy atom. The van der Waals surface area contributed by atoms with Crippen molar-refractivity contribution in [2.45, 2.75) is 19.9 Å². The van der Waals surface area contributed by atoms with E-state index in [1.165, 1.54) is 11.1 Å². The largest absolute Gasteiger partial charge is 0.323 e. The molecule has 2 aromatic carbocycles. The lowest BCUT2D eigenvalue weighted by molar-refractivity contribution is 0.825. The summed E-state index contributed by atoms with van der Waals surface area (Å²) in [6.45, 7) is 4.03. The highest BCUT2D eigenvalue weighted by Gasteiger charge is 2.12. The Morgan fingerprint density at radius 1 is 0.905 bits per heavy atom. The van der Waals surface area contributed by atoms with Crippen LogP contribution in [0.2, 0.25) is 0 Å². The maximum atomic E-state index is 5.98. The molecule has 0 aliphatic rings. The molecule has 1 heterocycles. The lowest BCUT2D eigenvalue weighted by Crippen LogP contribution is -2.03. The summed E-state index contributed by atoms with van der Waals surface area (Å²) in [5.74, 6) is 0.